The first-order valence-corrected chi connectivity index (χ1v) is 6.67. The molecule has 0 atom stereocenters. The van der Waals surface area contributed by atoms with Crippen molar-refractivity contribution in [2.45, 2.75) is 53.2 Å². The van der Waals surface area contributed by atoms with Crippen molar-refractivity contribution in [2.75, 3.05) is 0 Å². The molecule has 2 aromatic heterocycles. The quantitative estimate of drug-likeness (QED) is 0.920. The molecule has 0 aliphatic heterocycles. The maximum atomic E-state index is 5.79. The molecule has 2 aromatic rings. The molecule has 4 heteroatoms. The van der Waals surface area contributed by atoms with Gasteiger partial charge in [-0.1, -0.05) is 0 Å². The molecule has 19 heavy (non-hydrogen) atoms. The number of hydrogen-bond acceptors (Lipinski definition) is 3. The summed E-state index contributed by atoms with van der Waals surface area (Å²) in [5.74, 6) is 1.95. The molecule has 0 spiro atoms. The van der Waals surface area contributed by atoms with Crippen molar-refractivity contribution in [3.8, 4) is 0 Å². The molecular weight excluding hydrogens is 238 g/mol. The van der Waals surface area contributed by atoms with E-state index < -0.39 is 0 Å². The van der Waals surface area contributed by atoms with Crippen LogP contribution in [0, 0.1) is 13.8 Å². The standard InChI is InChI=1S/C15H23N3O/c1-11-6-7-18(17-11)10-13-8-14(19-12(13)2)9-16-15(3,4)5/h6-8,16H,9-10H2,1-5H3. The van der Waals surface area contributed by atoms with Gasteiger partial charge >= 0.3 is 0 Å². The van der Waals surface area contributed by atoms with Crippen molar-refractivity contribution in [3.05, 3.63) is 41.1 Å². The highest BCUT2D eigenvalue weighted by atomic mass is 16.3. The van der Waals surface area contributed by atoms with Gasteiger partial charge in [-0.3, -0.25) is 4.68 Å². The molecule has 0 saturated heterocycles. The summed E-state index contributed by atoms with van der Waals surface area (Å²) in [6, 6.07) is 4.13. The molecular formula is C15H23N3O. The van der Waals surface area contributed by atoms with E-state index >= 15 is 0 Å². The lowest BCUT2D eigenvalue weighted by atomic mass is 10.1. The number of rotatable bonds is 4. The summed E-state index contributed by atoms with van der Waals surface area (Å²) in [6.45, 7) is 12.0. The van der Waals surface area contributed by atoms with Gasteiger partial charge in [-0.05, 0) is 46.8 Å². The lowest BCUT2D eigenvalue weighted by Gasteiger charge is -2.19. The van der Waals surface area contributed by atoms with E-state index in [0.29, 0.717) is 0 Å². The molecule has 0 aromatic carbocycles. The fourth-order valence-electron chi connectivity index (χ4n) is 1.91. The Bertz CT molecular complexity index is 546. The minimum absolute atomic E-state index is 0.0972. The maximum Gasteiger partial charge on any atom is 0.118 e. The fraction of sp³-hybridized carbons (Fsp3) is 0.533. The third kappa shape index (κ3) is 3.96. The molecule has 0 bridgehead atoms. The predicted octanol–water partition coefficient (Wildman–Crippen LogP) is 3.03. The van der Waals surface area contributed by atoms with Crippen LogP contribution in [-0.4, -0.2) is 15.3 Å². The Labute approximate surface area is 114 Å². The lowest BCUT2D eigenvalue weighted by molar-refractivity contribution is 0.382. The van der Waals surface area contributed by atoms with Crippen LogP contribution in [0.15, 0.2) is 22.7 Å². The summed E-state index contributed by atoms with van der Waals surface area (Å²) in [6.07, 6.45) is 1.99. The van der Waals surface area contributed by atoms with Crippen LogP contribution in [0.2, 0.25) is 0 Å². The van der Waals surface area contributed by atoms with E-state index in [2.05, 4.69) is 37.3 Å². The average molecular weight is 261 g/mol. The predicted molar refractivity (Wildman–Crippen MR) is 76.1 cm³/mol. The SMILES string of the molecule is Cc1ccn(Cc2cc(CNC(C)(C)C)oc2C)n1. The van der Waals surface area contributed by atoms with E-state index in [4.69, 9.17) is 4.42 Å². The van der Waals surface area contributed by atoms with E-state index in [1.165, 1.54) is 5.56 Å². The number of aryl methyl sites for hydroxylation is 2. The second kappa shape index (κ2) is 5.21. The van der Waals surface area contributed by atoms with Crippen molar-refractivity contribution in [1.29, 1.82) is 0 Å². The summed E-state index contributed by atoms with van der Waals surface area (Å²) in [7, 11) is 0. The Balaban J connectivity index is 2.04. The van der Waals surface area contributed by atoms with Crippen molar-refractivity contribution in [1.82, 2.24) is 15.1 Å². The topological polar surface area (TPSA) is 43.0 Å². The summed E-state index contributed by atoms with van der Waals surface area (Å²) >= 11 is 0. The van der Waals surface area contributed by atoms with Gasteiger partial charge in [0.2, 0.25) is 0 Å². The molecule has 0 aliphatic carbocycles. The van der Waals surface area contributed by atoms with Crippen LogP contribution in [0.3, 0.4) is 0 Å². The van der Waals surface area contributed by atoms with E-state index in [0.717, 1.165) is 30.3 Å². The number of aromatic nitrogens is 2. The van der Waals surface area contributed by atoms with Crippen molar-refractivity contribution in [3.63, 3.8) is 0 Å². The summed E-state index contributed by atoms with van der Waals surface area (Å²) in [5.41, 5.74) is 2.32. The molecule has 0 radical (unpaired) electrons. The highest BCUT2D eigenvalue weighted by Gasteiger charge is 2.12. The molecule has 0 fully saturated rings. The number of nitrogens with zero attached hydrogens (tertiary/aromatic N) is 2. The van der Waals surface area contributed by atoms with Crippen molar-refractivity contribution in [2.24, 2.45) is 0 Å². The van der Waals surface area contributed by atoms with Gasteiger partial charge in [0.05, 0.1) is 18.8 Å². The second-order valence-corrected chi connectivity index (χ2v) is 6.05. The van der Waals surface area contributed by atoms with Gasteiger partial charge < -0.3 is 9.73 Å². The molecule has 0 unspecified atom stereocenters. The Kier molecular flexibility index (Phi) is 3.80. The van der Waals surface area contributed by atoms with Crippen LogP contribution >= 0.6 is 0 Å². The van der Waals surface area contributed by atoms with Crippen LogP contribution in [0.1, 0.15) is 43.5 Å². The van der Waals surface area contributed by atoms with Crippen molar-refractivity contribution >= 4 is 0 Å². The van der Waals surface area contributed by atoms with E-state index in [1.54, 1.807) is 0 Å². The monoisotopic (exact) mass is 261 g/mol. The molecule has 0 saturated carbocycles. The van der Waals surface area contributed by atoms with Gasteiger partial charge in [-0.25, -0.2) is 0 Å². The van der Waals surface area contributed by atoms with E-state index in [1.807, 2.05) is 30.8 Å². The summed E-state index contributed by atoms with van der Waals surface area (Å²) in [4.78, 5) is 0. The molecule has 2 heterocycles. The minimum atomic E-state index is 0.0972. The van der Waals surface area contributed by atoms with Crippen LogP contribution in [-0.2, 0) is 13.1 Å². The molecule has 0 aliphatic rings. The highest BCUT2D eigenvalue weighted by Crippen LogP contribution is 2.16. The zero-order valence-electron chi connectivity index (χ0n) is 12.4. The number of hydrogen-bond donors (Lipinski definition) is 1. The second-order valence-electron chi connectivity index (χ2n) is 6.05. The molecule has 0 amide bonds. The smallest absolute Gasteiger partial charge is 0.118 e. The first-order valence-electron chi connectivity index (χ1n) is 6.67. The Morgan fingerprint density at radius 1 is 1.32 bits per heavy atom. The largest absolute Gasteiger partial charge is 0.465 e. The number of nitrogens with one attached hydrogen (secondary N) is 1. The first kappa shape index (κ1) is 13.9. The highest BCUT2D eigenvalue weighted by molar-refractivity contribution is 5.21. The van der Waals surface area contributed by atoms with E-state index in [9.17, 15) is 0 Å². The maximum absolute atomic E-state index is 5.79. The summed E-state index contributed by atoms with van der Waals surface area (Å²) < 4.78 is 7.72. The third-order valence-corrected chi connectivity index (χ3v) is 2.97. The van der Waals surface area contributed by atoms with E-state index in [-0.39, 0.29) is 5.54 Å². The average Bonchev–Trinajstić information content (AvgIpc) is 2.83. The first-order chi connectivity index (χ1) is 8.83. The zero-order valence-corrected chi connectivity index (χ0v) is 12.4. The van der Waals surface area contributed by atoms with Crippen LogP contribution < -0.4 is 5.32 Å². The van der Waals surface area contributed by atoms with Gasteiger partial charge in [-0.2, -0.15) is 5.10 Å². The van der Waals surface area contributed by atoms with Crippen LogP contribution in [0.5, 0.6) is 0 Å². The molecule has 4 nitrogen and oxygen atoms in total. The van der Waals surface area contributed by atoms with Gasteiger partial charge in [0, 0.05) is 17.3 Å². The summed E-state index contributed by atoms with van der Waals surface area (Å²) in [5, 5.41) is 7.83. The molecule has 2 rings (SSSR count). The van der Waals surface area contributed by atoms with Gasteiger partial charge in [0.1, 0.15) is 11.5 Å². The lowest BCUT2D eigenvalue weighted by Crippen LogP contribution is -2.34. The van der Waals surface area contributed by atoms with Gasteiger partial charge in [0.15, 0.2) is 0 Å². The van der Waals surface area contributed by atoms with Gasteiger partial charge in [-0.15, -0.1) is 0 Å². The Morgan fingerprint density at radius 3 is 2.63 bits per heavy atom. The van der Waals surface area contributed by atoms with Crippen molar-refractivity contribution < 1.29 is 4.42 Å². The minimum Gasteiger partial charge on any atom is -0.465 e. The molecule has 104 valence electrons. The third-order valence-electron chi connectivity index (χ3n) is 2.97. The normalized spacial score (nSPS) is 12.1. The number of furan rings is 1. The van der Waals surface area contributed by atoms with Crippen LogP contribution in [0.25, 0.3) is 0 Å². The Morgan fingerprint density at radius 2 is 2.05 bits per heavy atom. The zero-order chi connectivity index (χ0) is 14.0. The van der Waals surface area contributed by atoms with Gasteiger partial charge in [0.25, 0.3) is 0 Å². The molecule has 1 N–H and O–H groups in total. The van der Waals surface area contributed by atoms with Crippen LogP contribution in [0.4, 0.5) is 0 Å². The Hall–Kier alpha value is -1.55. The fourth-order valence-corrected chi connectivity index (χ4v) is 1.91.